The Balaban J connectivity index is 1.58. The topological polar surface area (TPSA) is 61.3 Å². The number of aliphatic hydroxyl groups excluding tert-OH is 1. The maximum Gasteiger partial charge on any atom is 0.224 e. The predicted octanol–water partition coefficient (Wildman–Crippen LogP) is 2.36. The number of halogens is 1. The monoisotopic (exact) mass is 318 g/mol. The van der Waals surface area contributed by atoms with Crippen LogP contribution in [-0.4, -0.2) is 40.8 Å². The molecule has 0 saturated carbocycles. The standard InChI is InChI=1S/C16H19ClN4O/c17-14-4-2-1-3-12(14)5-8-18-16-19-9-6-15(20-16)21-10-7-13(22)11-21/h1-4,6,9,13,22H,5,7-8,10-11H2,(H,18,19,20)/t13-/m0/s1. The van der Waals surface area contributed by atoms with Gasteiger partial charge in [-0.15, -0.1) is 0 Å². The second-order valence-corrected chi connectivity index (χ2v) is 5.80. The van der Waals surface area contributed by atoms with Crippen LogP contribution in [0.25, 0.3) is 0 Å². The minimum Gasteiger partial charge on any atom is -0.391 e. The van der Waals surface area contributed by atoms with Crippen LogP contribution in [-0.2, 0) is 6.42 Å². The number of rotatable bonds is 5. The third kappa shape index (κ3) is 3.67. The molecule has 0 aliphatic carbocycles. The fraction of sp³-hybridized carbons (Fsp3) is 0.375. The van der Waals surface area contributed by atoms with Crippen molar-refractivity contribution >= 4 is 23.4 Å². The number of aliphatic hydroxyl groups is 1. The predicted molar refractivity (Wildman–Crippen MR) is 88.5 cm³/mol. The van der Waals surface area contributed by atoms with Gasteiger partial charge in [-0.2, -0.15) is 4.98 Å². The quantitative estimate of drug-likeness (QED) is 0.886. The van der Waals surface area contributed by atoms with Gasteiger partial charge in [0.2, 0.25) is 5.95 Å². The molecule has 0 radical (unpaired) electrons. The largest absolute Gasteiger partial charge is 0.391 e. The van der Waals surface area contributed by atoms with Crippen LogP contribution < -0.4 is 10.2 Å². The highest BCUT2D eigenvalue weighted by molar-refractivity contribution is 6.31. The fourth-order valence-electron chi connectivity index (χ4n) is 2.57. The van der Waals surface area contributed by atoms with E-state index in [1.165, 1.54) is 0 Å². The Morgan fingerprint density at radius 1 is 1.32 bits per heavy atom. The van der Waals surface area contributed by atoms with Crippen LogP contribution in [0.15, 0.2) is 36.5 Å². The van der Waals surface area contributed by atoms with Gasteiger partial charge < -0.3 is 15.3 Å². The second-order valence-electron chi connectivity index (χ2n) is 5.40. The van der Waals surface area contributed by atoms with Crippen molar-refractivity contribution in [3.05, 3.63) is 47.1 Å². The number of hydrogen-bond acceptors (Lipinski definition) is 5. The SMILES string of the molecule is O[C@H]1CCN(c2ccnc(NCCc3ccccc3Cl)n2)C1. The number of aromatic nitrogens is 2. The first-order valence-electron chi connectivity index (χ1n) is 7.46. The number of nitrogens with one attached hydrogen (secondary N) is 1. The van der Waals surface area contributed by atoms with Crippen molar-refractivity contribution in [1.82, 2.24) is 9.97 Å². The summed E-state index contributed by atoms with van der Waals surface area (Å²) in [6, 6.07) is 9.70. The van der Waals surface area contributed by atoms with Crippen molar-refractivity contribution in [2.75, 3.05) is 29.9 Å². The molecule has 0 unspecified atom stereocenters. The summed E-state index contributed by atoms with van der Waals surface area (Å²) in [7, 11) is 0. The van der Waals surface area contributed by atoms with E-state index in [0.29, 0.717) is 12.5 Å². The first kappa shape index (κ1) is 15.1. The maximum atomic E-state index is 9.61. The van der Waals surface area contributed by atoms with Crippen LogP contribution in [0.1, 0.15) is 12.0 Å². The van der Waals surface area contributed by atoms with Gasteiger partial charge in [0.05, 0.1) is 6.10 Å². The highest BCUT2D eigenvalue weighted by atomic mass is 35.5. The zero-order valence-corrected chi connectivity index (χ0v) is 13.0. The highest BCUT2D eigenvalue weighted by Gasteiger charge is 2.21. The molecule has 1 aromatic heterocycles. The summed E-state index contributed by atoms with van der Waals surface area (Å²) in [4.78, 5) is 10.8. The van der Waals surface area contributed by atoms with Gasteiger partial charge >= 0.3 is 0 Å². The van der Waals surface area contributed by atoms with Gasteiger partial charge in [-0.25, -0.2) is 4.98 Å². The summed E-state index contributed by atoms with van der Waals surface area (Å²) in [5, 5.41) is 13.6. The van der Waals surface area contributed by atoms with Crippen molar-refractivity contribution in [2.24, 2.45) is 0 Å². The summed E-state index contributed by atoms with van der Waals surface area (Å²) in [6.07, 6.45) is 3.09. The minimum atomic E-state index is -0.258. The van der Waals surface area contributed by atoms with Crippen LogP contribution in [0.3, 0.4) is 0 Å². The molecule has 0 amide bonds. The van der Waals surface area contributed by atoms with E-state index in [2.05, 4.69) is 20.2 Å². The van der Waals surface area contributed by atoms with E-state index < -0.39 is 0 Å². The molecule has 1 aromatic carbocycles. The molecule has 5 nitrogen and oxygen atoms in total. The molecule has 1 aliphatic heterocycles. The first-order valence-corrected chi connectivity index (χ1v) is 7.83. The summed E-state index contributed by atoms with van der Waals surface area (Å²) >= 11 is 6.14. The molecule has 6 heteroatoms. The van der Waals surface area contributed by atoms with E-state index in [1.54, 1.807) is 6.20 Å². The molecule has 116 valence electrons. The Morgan fingerprint density at radius 2 is 2.18 bits per heavy atom. The van der Waals surface area contributed by atoms with Gasteiger partial charge in [0, 0.05) is 30.9 Å². The molecule has 1 atom stereocenters. The molecular formula is C16H19ClN4O. The number of benzene rings is 1. The Labute approximate surface area is 135 Å². The van der Waals surface area contributed by atoms with Crippen molar-refractivity contribution in [3.63, 3.8) is 0 Å². The average Bonchev–Trinajstić information content (AvgIpc) is 2.96. The lowest BCUT2D eigenvalue weighted by Crippen LogP contribution is -2.22. The molecule has 2 N–H and O–H groups in total. The first-order chi connectivity index (χ1) is 10.7. The van der Waals surface area contributed by atoms with E-state index in [9.17, 15) is 5.11 Å². The highest BCUT2D eigenvalue weighted by Crippen LogP contribution is 2.19. The Morgan fingerprint density at radius 3 is 2.95 bits per heavy atom. The molecule has 2 aromatic rings. The zero-order chi connectivity index (χ0) is 15.4. The van der Waals surface area contributed by atoms with Gasteiger partial charge in [-0.05, 0) is 30.5 Å². The van der Waals surface area contributed by atoms with Crippen LogP contribution in [0, 0.1) is 0 Å². The summed E-state index contributed by atoms with van der Waals surface area (Å²) in [5.41, 5.74) is 1.11. The lowest BCUT2D eigenvalue weighted by atomic mass is 10.1. The van der Waals surface area contributed by atoms with Crippen LogP contribution >= 0.6 is 11.6 Å². The van der Waals surface area contributed by atoms with Crippen LogP contribution in [0.2, 0.25) is 5.02 Å². The maximum absolute atomic E-state index is 9.61. The molecule has 1 fully saturated rings. The van der Waals surface area contributed by atoms with Gasteiger partial charge in [-0.1, -0.05) is 29.8 Å². The fourth-order valence-corrected chi connectivity index (χ4v) is 2.80. The van der Waals surface area contributed by atoms with Crippen LogP contribution in [0.4, 0.5) is 11.8 Å². The molecule has 1 aliphatic rings. The summed E-state index contributed by atoms with van der Waals surface area (Å²) < 4.78 is 0. The zero-order valence-electron chi connectivity index (χ0n) is 12.2. The van der Waals surface area contributed by atoms with Crippen LogP contribution in [0.5, 0.6) is 0 Å². The summed E-state index contributed by atoms with van der Waals surface area (Å²) in [5.74, 6) is 1.46. The average molecular weight is 319 g/mol. The molecule has 1 saturated heterocycles. The van der Waals surface area contributed by atoms with Crippen molar-refractivity contribution in [2.45, 2.75) is 18.9 Å². The van der Waals surface area contributed by atoms with E-state index in [-0.39, 0.29) is 6.10 Å². The van der Waals surface area contributed by atoms with Crippen molar-refractivity contribution in [1.29, 1.82) is 0 Å². The van der Waals surface area contributed by atoms with Gasteiger partial charge in [0.25, 0.3) is 0 Å². The van der Waals surface area contributed by atoms with E-state index >= 15 is 0 Å². The lowest BCUT2D eigenvalue weighted by molar-refractivity contribution is 0.198. The van der Waals surface area contributed by atoms with E-state index in [0.717, 1.165) is 42.3 Å². The molecule has 0 bridgehead atoms. The van der Waals surface area contributed by atoms with Gasteiger partial charge in [0.15, 0.2) is 0 Å². The summed E-state index contributed by atoms with van der Waals surface area (Å²) in [6.45, 7) is 2.18. The number of β-amino-alcohol motifs (C(OH)–C–C–N with tert-alkyl or cyclic N) is 1. The third-order valence-corrected chi connectivity index (χ3v) is 4.13. The minimum absolute atomic E-state index is 0.258. The number of anilines is 2. The molecule has 2 heterocycles. The van der Waals surface area contributed by atoms with E-state index in [1.807, 2.05) is 30.3 Å². The Kier molecular flexibility index (Phi) is 4.75. The molecular weight excluding hydrogens is 300 g/mol. The van der Waals surface area contributed by atoms with Crippen molar-refractivity contribution in [3.8, 4) is 0 Å². The number of nitrogens with zero attached hydrogens (tertiary/aromatic N) is 3. The van der Waals surface area contributed by atoms with Crippen molar-refractivity contribution < 1.29 is 5.11 Å². The van der Waals surface area contributed by atoms with Gasteiger partial charge in [0.1, 0.15) is 5.82 Å². The lowest BCUT2D eigenvalue weighted by Gasteiger charge is -2.17. The molecule has 22 heavy (non-hydrogen) atoms. The van der Waals surface area contributed by atoms with Gasteiger partial charge in [-0.3, -0.25) is 0 Å². The molecule has 3 rings (SSSR count). The normalized spacial score (nSPS) is 17.7. The van der Waals surface area contributed by atoms with E-state index in [4.69, 9.17) is 11.6 Å². The number of hydrogen-bond donors (Lipinski definition) is 2. The second kappa shape index (κ2) is 6.94. The Hall–Kier alpha value is -1.85. The Bertz CT molecular complexity index is 637. The smallest absolute Gasteiger partial charge is 0.224 e. The third-order valence-electron chi connectivity index (χ3n) is 3.76. The molecule has 0 spiro atoms.